The fraction of sp³-hybridized carbons (Fsp3) is 0.500. The number of halogens is 1. The third-order valence-electron chi connectivity index (χ3n) is 3.33. The highest BCUT2D eigenvalue weighted by molar-refractivity contribution is 9.10. The number of benzene rings is 1. The van der Waals surface area contributed by atoms with Crippen molar-refractivity contribution in [3.05, 3.63) is 34.3 Å². The number of amides is 1. The third-order valence-corrected chi connectivity index (χ3v) is 3.83. The number of hydrogen-bond donors (Lipinski definition) is 2. The Morgan fingerprint density at radius 1 is 1.50 bits per heavy atom. The van der Waals surface area contributed by atoms with E-state index < -0.39 is 0 Å². The number of nitrogens with one attached hydrogen (secondary N) is 2. The van der Waals surface area contributed by atoms with Crippen LogP contribution < -0.4 is 10.6 Å². The van der Waals surface area contributed by atoms with Gasteiger partial charge in [0.1, 0.15) is 0 Å². The second-order valence-corrected chi connectivity index (χ2v) is 5.70. The maximum atomic E-state index is 12.1. The Balaban J connectivity index is 1.94. The van der Waals surface area contributed by atoms with E-state index in [1.807, 2.05) is 31.2 Å². The molecule has 1 aromatic carbocycles. The van der Waals surface area contributed by atoms with E-state index in [9.17, 15) is 4.79 Å². The molecule has 2 rings (SSSR count). The molecule has 1 fully saturated rings. The van der Waals surface area contributed by atoms with E-state index in [-0.39, 0.29) is 18.0 Å². The summed E-state index contributed by atoms with van der Waals surface area (Å²) >= 11 is 3.45. The minimum absolute atomic E-state index is 0.0200. The van der Waals surface area contributed by atoms with Crippen molar-refractivity contribution >= 4 is 21.8 Å². The quantitative estimate of drug-likeness (QED) is 0.901. The average molecular weight is 311 g/mol. The van der Waals surface area contributed by atoms with Gasteiger partial charge >= 0.3 is 0 Å². The Labute approximate surface area is 116 Å². The Kier molecular flexibility index (Phi) is 4.78. The van der Waals surface area contributed by atoms with Gasteiger partial charge in [-0.3, -0.25) is 4.79 Å². The molecule has 0 aliphatic carbocycles. The first kappa shape index (κ1) is 13.6. The Hall–Kier alpha value is -0.870. The van der Waals surface area contributed by atoms with E-state index in [0.29, 0.717) is 0 Å². The molecular formula is C14H19BrN2O. The summed E-state index contributed by atoms with van der Waals surface area (Å²) in [6.07, 6.45) is 3.25. The Morgan fingerprint density at radius 2 is 2.33 bits per heavy atom. The van der Waals surface area contributed by atoms with Crippen LogP contribution in [0.1, 0.15) is 37.8 Å². The zero-order chi connectivity index (χ0) is 13.0. The van der Waals surface area contributed by atoms with Gasteiger partial charge in [-0.15, -0.1) is 0 Å². The van der Waals surface area contributed by atoms with E-state index in [0.717, 1.165) is 29.4 Å². The third kappa shape index (κ3) is 3.56. The van der Waals surface area contributed by atoms with Crippen molar-refractivity contribution in [1.82, 2.24) is 10.6 Å². The van der Waals surface area contributed by atoms with Crippen LogP contribution in [0.15, 0.2) is 28.7 Å². The summed E-state index contributed by atoms with van der Waals surface area (Å²) in [5.74, 6) is 0.113. The van der Waals surface area contributed by atoms with Crippen molar-refractivity contribution in [2.75, 3.05) is 6.54 Å². The highest BCUT2D eigenvalue weighted by Gasteiger charge is 2.21. The van der Waals surface area contributed by atoms with Crippen LogP contribution in [0.3, 0.4) is 0 Å². The molecule has 2 atom stereocenters. The van der Waals surface area contributed by atoms with E-state index >= 15 is 0 Å². The van der Waals surface area contributed by atoms with Crippen LogP contribution in [0, 0.1) is 0 Å². The average Bonchev–Trinajstić information content (AvgIpc) is 2.39. The van der Waals surface area contributed by atoms with Gasteiger partial charge in [0, 0.05) is 4.47 Å². The van der Waals surface area contributed by atoms with Gasteiger partial charge in [-0.25, -0.2) is 0 Å². The van der Waals surface area contributed by atoms with E-state index in [1.165, 1.54) is 6.42 Å². The van der Waals surface area contributed by atoms with E-state index in [2.05, 4.69) is 26.6 Å². The standard InChI is InChI=1S/C14H19BrN2O/c1-10(11-5-4-6-12(15)9-11)17-14(18)13-7-2-3-8-16-13/h4-6,9-10,13,16H,2-3,7-8H2,1H3,(H,17,18)/t10-,13-/m0/s1. The smallest absolute Gasteiger partial charge is 0.237 e. The van der Waals surface area contributed by atoms with Crippen LogP contribution in [-0.4, -0.2) is 18.5 Å². The van der Waals surface area contributed by atoms with Crippen LogP contribution in [-0.2, 0) is 4.79 Å². The number of hydrogen-bond acceptors (Lipinski definition) is 2. The molecular weight excluding hydrogens is 292 g/mol. The summed E-state index contributed by atoms with van der Waals surface area (Å²) in [4.78, 5) is 12.1. The second-order valence-electron chi connectivity index (χ2n) is 4.79. The summed E-state index contributed by atoms with van der Waals surface area (Å²) in [5.41, 5.74) is 1.12. The topological polar surface area (TPSA) is 41.1 Å². The van der Waals surface area contributed by atoms with Crippen molar-refractivity contribution in [2.24, 2.45) is 0 Å². The minimum Gasteiger partial charge on any atom is -0.348 e. The van der Waals surface area contributed by atoms with Crippen molar-refractivity contribution in [2.45, 2.75) is 38.3 Å². The first-order valence-electron chi connectivity index (χ1n) is 6.46. The summed E-state index contributed by atoms with van der Waals surface area (Å²) in [7, 11) is 0. The molecule has 0 aromatic heterocycles. The predicted molar refractivity (Wildman–Crippen MR) is 76.3 cm³/mol. The summed E-state index contributed by atoms with van der Waals surface area (Å²) < 4.78 is 1.04. The first-order valence-corrected chi connectivity index (χ1v) is 7.25. The number of rotatable bonds is 3. The molecule has 0 saturated carbocycles. The summed E-state index contributed by atoms with van der Waals surface area (Å²) in [5, 5.41) is 6.34. The van der Waals surface area contributed by atoms with Crippen molar-refractivity contribution in [1.29, 1.82) is 0 Å². The van der Waals surface area contributed by atoms with Gasteiger partial charge in [0.15, 0.2) is 0 Å². The summed E-state index contributed by atoms with van der Waals surface area (Å²) in [6.45, 7) is 2.96. The zero-order valence-corrected chi connectivity index (χ0v) is 12.2. The van der Waals surface area contributed by atoms with Crippen molar-refractivity contribution < 1.29 is 4.79 Å². The molecule has 0 radical (unpaired) electrons. The lowest BCUT2D eigenvalue weighted by molar-refractivity contribution is -0.124. The first-order chi connectivity index (χ1) is 8.66. The SMILES string of the molecule is C[C@H](NC(=O)[C@@H]1CCCCN1)c1cccc(Br)c1. The van der Waals surface area contributed by atoms with E-state index in [4.69, 9.17) is 0 Å². The fourth-order valence-electron chi connectivity index (χ4n) is 2.25. The molecule has 0 unspecified atom stereocenters. The molecule has 1 heterocycles. The molecule has 3 nitrogen and oxygen atoms in total. The van der Waals surface area contributed by atoms with Crippen molar-refractivity contribution in [3.8, 4) is 0 Å². The molecule has 1 amide bonds. The molecule has 4 heteroatoms. The van der Waals surface area contributed by atoms with Gasteiger partial charge in [0.2, 0.25) is 5.91 Å². The van der Waals surface area contributed by atoms with Gasteiger partial charge in [-0.2, -0.15) is 0 Å². The molecule has 18 heavy (non-hydrogen) atoms. The van der Waals surface area contributed by atoms with Gasteiger partial charge in [-0.05, 0) is 44.0 Å². The largest absolute Gasteiger partial charge is 0.348 e. The number of piperidine rings is 1. The Morgan fingerprint density at radius 3 is 3.00 bits per heavy atom. The van der Waals surface area contributed by atoms with Crippen LogP contribution in [0.4, 0.5) is 0 Å². The van der Waals surface area contributed by atoms with Crippen molar-refractivity contribution in [3.63, 3.8) is 0 Å². The van der Waals surface area contributed by atoms with Crippen LogP contribution in [0.2, 0.25) is 0 Å². The van der Waals surface area contributed by atoms with Gasteiger partial charge in [0.05, 0.1) is 12.1 Å². The number of carbonyl (C=O) groups excluding carboxylic acids is 1. The fourth-order valence-corrected chi connectivity index (χ4v) is 2.67. The van der Waals surface area contributed by atoms with E-state index in [1.54, 1.807) is 0 Å². The lowest BCUT2D eigenvalue weighted by atomic mass is 10.0. The maximum absolute atomic E-state index is 12.1. The molecule has 0 spiro atoms. The van der Waals surface area contributed by atoms with Gasteiger partial charge in [0.25, 0.3) is 0 Å². The second kappa shape index (κ2) is 6.34. The highest BCUT2D eigenvalue weighted by Crippen LogP contribution is 2.18. The molecule has 1 saturated heterocycles. The van der Waals surface area contributed by atoms with Crippen LogP contribution in [0.5, 0.6) is 0 Å². The predicted octanol–water partition coefficient (Wildman–Crippen LogP) is 2.77. The Bertz CT molecular complexity index is 416. The molecule has 2 N–H and O–H groups in total. The highest BCUT2D eigenvalue weighted by atomic mass is 79.9. The zero-order valence-electron chi connectivity index (χ0n) is 10.6. The maximum Gasteiger partial charge on any atom is 0.237 e. The molecule has 1 aliphatic rings. The molecule has 98 valence electrons. The monoisotopic (exact) mass is 310 g/mol. The molecule has 1 aromatic rings. The molecule has 1 aliphatic heterocycles. The van der Waals surface area contributed by atoms with Crippen LogP contribution >= 0.6 is 15.9 Å². The molecule has 0 bridgehead atoms. The normalized spacial score (nSPS) is 21.3. The van der Waals surface area contributed by atoms with Gasteiger partial charge in [-0.1, -0.05) is 34.5 Å². The van der Waals surface area contributed by atoms with Crippen LogP contribution in [0.25, 0.3) is 0 Å². The summed E-state index contributed by atoms with van der Waals surface area (Å²) in [6, 6.07) is 8.07. The lowest BCUT2D eigenvalue weighted by Crippen LogP contribution is -2.47. The minimum atomic E-state index is -0.0200. The number of carbonyl (C=O) groups is 1. The van der Waals surface area contributed by atoms with Gasteiger partial charge < -0.3 is 10.6 Å². The lowest BCUT2D eigenvalue weighted by Gasteiger charge is -2.24.